The molecule has 0 unspecified atom stereocenters. The first-order valence-corrected chi connectivity index (χ1v) is 8.54. The number of carbonyl (C=O) groups is 2. The van der Waals surface area contributed by atoms with Gasteiger partial charge in [0.1, 0.15) is 0 Å². The van der Waals surface area contributed by atoms with Crippen molar-refractivity contribution in [2.75, 3.05) is 27.3 Å². The van der Waals surface area contributed by atoms with Crippen LogP contribution in [0.3, 0.4) is 0 Å². The van der Waals surface area contributed by atoms with Crippen LogP contribution in [0.4, 0.5) is 0 Å². The lowest BCUT2D eigenvalue weighted by Gasteiger charge is -2.18. The number of carbonyl (C=O) groups excluding carboxylic acids is 2. The van der Waals surface area contributed by atoms with Gasteiger partial charge in [0.2, 0.25) is 0 Å². The van der Waals surface area contributed by atoms with Crippen LogP contribution in [0, 0.1) is 0 Å². The van der Waals surface area contributed by atoms with E-state index in [1.165, 1.54) is 0 Å². The van der Waals surface area contributed by atoms with E-state index in [1.807, 2.05) is 12.1 Å². The van der Waals surface area contributed by atoms with E-state index in [2.05, 4.69) is 5.32 Å². The Labute approximate surface area is 152 Å². The lowest BCUT2D eigenvalue weighted by atomic mass is 10.1. The Bertz CT molecular complexity index is 802. The van der Waals surface area contributed by atoms with E-state index in [-0.39, 0.29) is 11.8 Å². The number of amides is 2. The number of ether oxygens (including phenoxy) is 2. The average Bonchev–Trinajstić information content (AvgIpc) is 2.92. The average molecular weight is 354 g/mol. The molecule has 2 aromatic rings. The summed E-state index contributed by atoms with van der Waals surface area (Å²) in [6.07, 6.45) is 0.823. The Kier molecular flexibility index (Phi) is 5.41. The molecule has 1 heterocycles. The first-order valence-electron chi connectivity index (χ1n) is 8.54. The highest BCUT2D eigenvalue weighted by molar-refractivity contribution is 5.95. The zero-order valence-electron chi connectivity index (χ0n) is 15.0. The highest BCUT2D eigenvalue weighted by atomic mass is 16.5. The third kappa shape index (κ3) is 3.96. The standard InChI is InChI=1S/C20H22N2O4/c1-21-19(23)15-6-4-14(5-7-15)13-22(2)20(24)16-8-9-17-18(12-16)26-11-3-10-25-17/h4-9,12H,3,10-11,13H2,1-2H3,(H,21,23). The minimum absolute atomic E-state index is 0.101. The Hall–Kier alpha value is -3.02. The second kappa shape index (κ2) is 7.91. The third-order valence-corrected chi connectivity index (χ3v) is 4.20. The van der Waals surface area contributed by atoms with E-state index in [4.69, 9.17) is 9.47 Å². The molecular weight excluding hydrogens is 332 g/mol. The SMILES string of the molecule is CNC(=O)c1ccc(CN(C)C(=O)c2ccc3c(c2)OCCCO3)cc1. The van der Waals surface area contributed by atoms with Crippen molar-refractivity contribution in [3.05, 3.63) is 59.2 Å². The molecule has 3 rings (SSSR count). The summed E-state index contributed by atoms with van der Waals surface area (Å²) in [5, 5.41) is 2.59. The molecule has 6 heteroatoms. The van der Waals surface area contributed by atoms with Crippen LogP contribution in [0.25, 0.3) is 0 Å². The molecule has 0 spiro atoms. The van der Waals surface area contributed by atoms with Gasteiger partial charge in [0.05, 0.1) is 13.2 Å². The van der Waals surface area contributed by atoms with Gasteiger partial charge < -0.3 is 19.7 Å². The topological polar surface area (TPSA) is 67.9 Å². The number of nitrogens with zero attached hydrogens (tertiary/aromatic N) is 1. The van der Waals surface area contributed by atoms with Crippen molar-refractivity contribution in [1.82, 2.24) is 10.2 Å². The fourth-order valence-electron chi connectivity index (χ4n) is 2.77. The minimum atomic E-state index is -0.131. The summed E-state index contributed by atoms with van der Waals surface area (Å²) in [5.41, 5.74) is 2.09. The van der Waals surface area contributed by atoms with Gasteiger partial charge in [-0.25, -0.2) is 0 Å². The van der Waals surface area contributed by atoms with Gasteiger partial charge in [0.15, 0.2) is 11.5 Å². The van der Waals surface area contributed by atoms with Crippen molar-refractivity contribution in [2.45, 2.75) is 13.0 Å². The first-order chi connectivity index (χ1) is 12.6. The van der Waals surface area contributed by atoms with Crippen molar-refractivity contribution in [3.63, 3.8) is 0 Å². The van der Waals surface area contributed by atoms with Gasteiger partial charge in [0.25, 0.3) is 11.8 Å². The number of fused-ring (bicyclic) bond motifs is 1. The van der Waals surface area contributed by atoms with Gasteiger partial charge in [-0.15, -0.1) is 0 Å². The number of hydrogen-bond donors (Lipinski definition) is 1. The van der Waals surface area contributed by atoms with Crippen molar-refractivity contribution in [1.29, 1.82) is 0 Å². The van der Waals surface area contributed by atoms with Crippen LogP contribution in [-0.4, -0.2) is 44.0 Å². The molecule has 26 heavy (non-hydrogen) atoms. The van der Waals surface area contributed by atoms with E-state index < -0.39 is 0 Å². The lowest BCUT2D eigenvalue weighted by Crippen LogP contribution is -2.26. The summed E-state index contributed by atoms with van der Waals surface area (Å²) in [5.74, 6) is 1.05. The van der Waals surface area contributed by atoms with Crippen molar-refractivity contribution in [3.8, 4) is 11.5 Å². The van der Waals surface area contributed by atoms with E-state index >= 15 is 0 Å². The Morgan fingerprint density at radius 1 is 1.00 bits per heavy atom. The largest absolute Gasteiger partial charge is 0.490 e. The van der Waals surface area contributed by atoms with Gasteiger partial charge >= 0.3 is 0 Å². The number of rotatable bonds is 4. The van der Waals surface area contributed by atoms with Gasteiger partial charge in [-0.1, -0.05) is 12.1 Å². The predicted octanol–water partition coefficient (Wildman–Crippen LogP) is 2.48. The van der Waals surface area contributed by atoms with Gasteiger partial charge in [0, 0.05) is 38.2 Å². The zero-order valence-corrected chi connectivity index (χ0v) is 15.0. The first kappa shape index (κ1) is 17.8. The van der Waals surface area contributed by atoms with Crippen molar-refractivity contribution >= 4 is 11.8 Å². The molecule has 0 saturated carbocycles. The molecule has 2 amide bonds. The quantitative estimate of drug-likeness (QED) is 0.916. The summed E-state index contributed by atoms with van der Waals surface area (Å²) in [6.45, 7) is 1.64. The highest BCUT2D eigenvalue weighted by Crippen LogP contribution is 2.30. The maximum Gasteiger partial charge on any atom is 0.254 e. The molecule has 0 aliphatic carbocycles. The molecule has 1 aliphatic rings. The molecular formula is C20H22N2O4. The molecule has 0 aromatic heterocycles. The van der Waals surface area contributed by atoms with Crippen LogP contribution in [0.15, 0.2) is 42.5 Å². The Morgan fingerprint density at radius 2 is 1.65 bits per heavy atom. The molecule has 0 radical (unpaired) electrons. The van der Waals surface area contributed by atoms with Crippen LogP contribution < -0.4 is 14.8 Å². The van der Waals surface area contributed by atoms with Gasteiger partial charge in [-0.05, 0) is 35.9 Å². The van der Waals surface area contributed by atoms with Crippen molar-refractivity contribution in [2.24, 2.45) is 0 Å². The molecule has 2 aromatic carbocycles. The fraction of sp³-hybridized carbons (Fsp3) is 0.300. The Morgan fingerprint density at radius 3 is 2.35 bits per heavy atom. The van der Waals surface area contributed by atoms with Crippen molar-refractivity contribution < 1.29 is 19.1 Å². The maximum atomic E-state index is 12.7. The molecule has 6 nitrogen and oxygen atoms in total. The number of nitrogens with one attached hydrogen (secondary N) is 1. The normalized spacial score (nSPS) is 12.8. The molecule has 1 N–H and O–H groups in total. The smallest absolute Gasteiger partial charge is 0.254 e. The van der Waals surface area contributed by atoms with E-state index in [0.29, 0.717) is 42.4 Å². The van der Waals surface area contributed by atoms with E-state index in [1.54, 1.807) is 49.3 Å². The van der Waals surface area contributed by atoms with Crippen LogP contribution in [0.1, 0.15) is 32.7 Å². The second-order valence-electron chi connectivity index (χ2n) is 6.15. The highest BCUT2D eigenvalue weighted by Gasteiger charge is 2.17. The molecule has 0 fully saturated rings. The molecule has 0 atom stereocenters. The molecule has 1 aliphatic heterocycles. The summed E-state index contributed by atoms with van der Waals surface area (Å²) >= 11 is 0. The monoisotopic (exact) mass is 354 g/mol. The van der Waals surface area contributed by atoms with Crippen LogP contribution in [0.2, 0.25) is 0 Å². The van der Waals surface area contributed by atoms with E-state index in [0.717, 1.165) is 12.0 Å². The maximum absolute atomic E-state index is 12.7. The zero-order chi connectivity index (χ0) is 18.5. The van der Waals surface area contributed by atoms with E-state index in [9.17, 15) is 9.59 Å². The molecule has 0 saturated heterocycles. The molecule has 136 valence electrons. The molecule has 0 bridgehead atoms. The van der Waals surface area contributed by atoms with Crippen LogP contribution >= 0.6 is 0 Å². The van der Waals surface area contributed by atoms with Gasteiger partial charge in [-0.2, -0.15) is 0 Å². The lowest BCUT2D eigenvalue weighted by molar-refractivity contribution is 0.0784. The number of benzene rings is 2. The third-order valence-electron chi connectivity index (χ3n) is 4.20. The predicted molar refractivity (Wildman–Crippen MR) is 97.7 cm³/mol. The summed E-state index contributed by atoms with van der Waals surface area (Å²) in [4.78, 5) is 25.9. The minimum Gasteiger partial charge on any atom is -0.490 e. The summed E-state index contributed by atoms with van der Waals surface area (Å²) in [6, 6.07) is 12.5. The number of hydrogen-bond acceptors (Lipinski definition) is 4. The fourth-order valence-corrected chi connectivity index (χ4v) is 2.77. The summed E-state index contributed by atoms with van der Waals surface area (Å²) < 4.78 is 11.2. The summed E-state index contributed by atoms with van der Waals surface area (Å²) in [7, 11) is 3.34. The van der Waals surface area contributed by atoms with Gasteiger partial charge in [-0.3, -0.25) is 9.59 Å². The Balaban J connectivity index is 1.69. The second-order valence-corrected chi connectivity index (χ2v) is 6.15. The van der Waals surface area contributed by atoms with Crippen LogP contribution in [0.5, 0.6) is 11.5 Å². The van der Waals surface area contributed by atoms with Crippen LogP contribution in [-0.2, 0) is 6.54 Å².